The number of hydrogen-bond donors (Lipinski definition) is 0. The summed E-state index contributed by atoms with van der Waals surface area (Å²) in [7, 11) is 0. The van der Waals surface area contributed by atoms with Gasteiger partial charge in [-0.3, -0.25) is 0 Å². The van der Waals surface area contributed by atoms with Crippen LogP contribution in [0.4, 0.5) is 11.4 Å². The van der Waals surface area contributed by atoms with E-state index in [1.807, 2.05) is 0 Å². The van der Waals surface area contributed by atoms with Crippen LogP contribution in [0.25, 0.3) is 0 Å². The van der Waals surface area contributed by atoms with Crippen LogP contribution in [0.15, 0.2) is 96.9 Å². The average Bonchev–Trinajstić information content (AvgIpc) is 3.25. The van der Waals surface area contributed by atoms with E-state index in [-0.39, 0.29) is 0 Å². The van der Waals surface area contributed by atoms with Crippen molar-refractivity contribution in [3.63, 3.8) is 0 Å². The van der Waals surface area contributed by atoms with E-state index in [9.17, 15) is 0 Å². The lowest BCUT2D eigenvalue weighted by molar-refractivity contribution is 0.518. The van der Waals surface area contributed by atoms with Gasteiger partial charge < -0.3 is 19.6 Å². The van der Waals surface area contributed by atoms with Crippen LogP contribution in [-0.4, -0.2) is 23.1 Å². The Morgan fingerprint density at radius 2 is 1.00 bits per heavy atom. The SMILES string of the molecule is C1=CC2=CN(c3ccc(N4C=C5C=CC=CN5C4)cc3)CN2C=C1. The number of allylic oxidation sites excluding steroid dienone is 6. The van der Waals surface area contributed by atoms with Gasteiger partial charge >= 0.3 is 0 Å². The maximum absolute atomic E-state index is 2.27. The van der Waals surface area contributed by atoms with Crippen molar-refractivity contribution < 1.29 is 0 Å². The first kappa shape index (κ1) is 13.3. The van der Waals surface area contributed by atoms with Gasteiger partial charge in [0.15, 0.2) is 0 Å². The monoisotopic (exact) mass is 314 g/mol. The molecule has 0 saturated carbocycles. The second kappa shape index (κ2) is 5.20. The fourth-order valence-corrected chi connectivity index (χ4v) is 3.35. The lowest BCUT2D eigenvalue weighted by Gasteiger charge is -2.23. The summed E-state index contributed by atoms with van der Waals surface area (Å²) in [6, 6.07) is 8.78. The van der Waals surface area contributed by atoms with Gasteiger partial charge in [0, 0.05) is 36.2 Å². The van der Waals surface area contributed by atoms with Crippen LogP contribution in [0.5, 0.6) is 0 Å². The summed E-state index contributed by atoms with van der Waals surface area (Å²) in [6.45, 7) is 1.74. The van der Waals surface area contributed by atoms with Crippen molar-refractivity contribution in [1.82, 2.24) is 9.80 Å². The van der Waals surface area contributed by atoms with Gasteiger partial charge in [0.2, 0.25) is 0 Å². The second-order valence-corrected chi connectivity index (χ2v) is 6.19. The van der Waals surface area contributed by atoms with Gasteiger partial charge in [-0.2, -0.15) is 0 Å². The first-order valence-electron chi connectivity index (χ1n) is 8.17. The van der Waals surface area contributed by atoms with E-state index < -0.39 is 0 Å². The van der Waals surface area contributed by atoms with Gasteiger partial charge in [-0.1, -0.05) is 12.2 Å². The minimum absolute atomic E-state index is 0.868. The molecule has 0 bridgehead atoms. The molecule has 0 N–H and O–H groups in total. The van der Waals surface area contributed by atoms with Crippen LogP contribution in [0.3, 0.4) is 0 Å². The molecular formula is C20H18N4. The lowest BCUT2D eigenvalue weighted by Crippen LogP contribution is -2.23. The van der Waals surface area contributed by atoms with Crippen molar-refractivity contribution in [2.75, 3.05) is 23.1 Å². The fourth-order valence-electron chi connectivity index (χ4n) is 3.35. The highest BCUT2D eigenvalue weighted by molar-refractivity contribution is 5.61. The number of fused-ring (bicyclic) bond motifs is 2. The lowest BCUT2D eigenvalue weighted by atomic mass is 10.2. The number of rotatable bonds is 2. The molecule has 0 aliphatic carbocycles. The molecule has 4 heteroatoms. The third-order valence-corrected chi connectivity index (χ3v) is 4.65. The zero-order chi connectivity index (χ0) is 15.9. The molecule has 0 aromatic heterocycles. The average molecular weight is 314 g/mol. The zero-order valence-electron chi connectivity index (χ0n) is 13.3. The minimum atomic E-state index is 0.868. The first-order valence-corrected chi connectivity index (χ1v) is 8.17. The van der Waals surface area contributed by atoms with Crippen molar-refractivity contribution >= 4 is 11.4 Å². The van der Waals surface area contributed by atoms with E-state index >= 15 is 0 Å². The van der Waals surface area contributed by atoms with Crippen LogP contribution in [0.2, 0.25) is 0 Å². The smallest absolute Gasteiger partial charge is 0.0989 e. The van der Waals surface area contributed by atoms with Crippen LogP contribution in [0.1, 0.15) is 0 Å². The molecule has 1 aromatic rings. The molecule has 0 atom stereocenters. The molecule has 5 rings (SSSR count). The molecule has 0 saturated heterocycles. The van der Waals surface area contributed by atoms with Crippen molar-refractivity contribution in [3.8, 4) is 0 Å². The van der Waals surface area contributed by atoms with Gasteiger partial charge in [-0.25, -0.2) is 0 Å². The van der Waals surface area contributed by atoms with Crippen molar-refractivity contribution in [3.05, 3.63) is 96.9 Å². The Morgan fingerprint density at radius 1 is 0.542 bits per heavy atom. The quantitative estimate of drug-likeness (QED) is 0.825. The van der Waals surface area contributed by atoms with Crippen molar-refractivity contribution in [2.24, 2.45) is 0 Å². The fraction of sp³-hybridized carbons (Fsp3) is 0.100. The molecule has 1 aromatic carbocycles. The molecule has 4 nitrogen and oxygen atoms in total. The third-order valence-electron chi connectivity index (χ3n) is 4.65. The topological polar surface area (TPSA) is 13.0 Å². The Labute approximate surface area is 141 Å². The molecule has 118 valence electrons. The summed E-state index contributed by atoms with van der Waals surface area (Å²) in [5.41, 5.74) is 4.90. The van der Waals surface area contributed by atoms with Crippen molar-refractivity contribution in [2.45, 2.75) is 0 Å². The summed E-state index contributed by atoms with van der Waals surface area (Å²) in [4.78, 5) is 9.04. The van der Waals surface area contributed by atoms with Crippen LogP contribution >= 0.6 is 0 Å². The highest BCUT2D eigenvalue weighted by Crippen LogP contribution is 2.30. The Hall–Kier alpha value is -3.14. The van der Waals surface area contributed by atoms with Gasteiger partial charge in [0.1, 0.15) is 0 Å². The standard InChI is InChI=1S/C20H18N4/c1-3-11-21-15-23(13-19(21)5-1)17-7-9-18(10-8-17)24-14-20-6-2-4-12-22(20)16-24/h1-14H,15-16H2. The molecule has 0 spiro atoms. The molecule has 24 heavy (non-hydrogen) atoms. The number of hydrogen-bond acceptors (Lipinski definition) is 4. The van der Waals surface area contributed by atoms with E-state index in [0.29, 0.717) is 0 Å². The van der Waals surface area contributed by atoms with Crippen LogP contribution in [0, 0.1) is 0 Å². The number of anilines is 2. The molecule has 4 aliphatic heterocycles. The second-order valence-electron chi connectivity index (χ2n) is 6.19. The predicted molar refractivity (Wildman–Crippen MR) is 97.5 cm³/mol. The maximum atomic E-state index is 2.27. The van der Waals surface area contributed by atoms with Crippen LogP contribution in [-0.2, 0) is 0 Å². The number of benzene rings is 1. The summed E-state index contributed by atoms with van der Waals surface area (Å²) in [5, 5.41) is 0. The van der Waals surface area contributed by atoms with E-state index in [4.69, 9.17) is 0 Å². The third kappa shape index (κ3) is 2.15. The van der Waals surface area contributed by atoms with E-state index in [1.165, 1.54) is 22.8 Å². The molecular weight excluding hydrogens is 296 g/mol. The number of nitrogens with zero attached hydrogens (tertiary/aromatic N) is 4. The summed E-state index contributed by atoms with van der Waals surface area (Å²) in [6.07, 6.45) is 21.2. The molecule has 0 unspecified atom stereocenters. The molecule has 0 radical (unpaired) electrons. The summed E-state index contributed by atoms with van der Waals surface area (Å²) < 4.78 is 0. The molecule has 4 heterocycles. The van der Waals surface area contributed by atoms with Crippen molar-refractivity contribution in [1.29, 1.82) is 0 Å². The predicted octanol–water partition coefficient (Wildman–Crippen LogP) is 3.70. The Morgan fingerprint density at radius 3 is 1.42 bits per heavy atom. The zero-order valence-corrected chi connectivity index (χ0v) is 13.3. The van der Waals surface area contributed by atoms with E-state index in [2.05, 4.69) is 105 Å². The van der Waals surface area contributed by atoms with E-state index in [0.717, 1.165) is 13.3 Å². The Balaban J connectivity index is 1.35. The van der Waals surface area contributed by atoms with Gasteiger partial charge in [0.25, 0.3) is 0 Å². The normalized spacial score (nSPS) is 20.5. The Kier molecular flexibility index (Phi) is 2.88. The largest absolute Gasteiger partial charge is 0.328 e. The van der Waals surface area contributed by atoms with Crippen LogP contribution < -0.4 is 9.80 Å². The molecule has 0 fully saturated rings. The highest BCUT2D eigenvalue weighted by atomic mass is 15.4. The van der Waals surface area contributed by atoms with Gasteiger partial charge in [-0.05, 0) is 48.6 Å². The summed E-state index contributed by atoms with van der Waals surface area (Å²) in [5.74, 6) is 0. The maximum Gasteiger partial charge on any atom is 0.0989 e. The minimum Gasteiger partial charge on any atom is -0.328 e. The Bertz CT molecular complexity index is 768. The molecule has 4 aliphatic rings. The molecule has 0 amide bonds. The van der Waals surface area contributed by atoms with Gasteiger partial charge in [-0.15, -0.1) is 0 Å². The van der Waals surface area contributed by atoms with Gasteiger partial charge in [0.05, 0.1) is 24.7 Å². The highest BCUT2D eigenvalue weighted by Gasteiger charge is 2.21. The summed E-state index contributed by atoms with van der Waals surface area (Å²) >= 11 is 0. The first-order chi connectivity index (χ1) is 11.9. The van der Waals surface area contributed by atoms with E-state index in [1.54, 1.807) is 0 Å².